The average molecular weight is 439 g/mol. The number of rotatable bonds is 10. The fraction of sp³-hybridized carbons (Fsp3) is 0.423. The van der Waals surface area contributed by atoms with Crippen LogP contribution in [0.5, 0.6) is 0 Å². The highest BCUT2D eigenvalue weighted by Crippen LogP contribution is 2.28. The van der Waals surface area contributed by atoms with Gasteiger partial charge in [-0.15, -0.1) is 0 Å². The summed E-state index contributed by atoms with van der Waals surface area (Å²) in [5.74, 6) is -1.26. The van der Waals surface area contributed by atoms with Crippen molar-refractivity contribution in [2.75, 3.05) is 13.2 Å². The smallest absolute Gasteiger partial charge is 0.338 e. The van der Waals surface area contributed by atoms with Gasteiger partial charge in [-0.25, -0.2) is 9.59 Å². The van der Waals surface area contributed by atoms with E-state index >= 15 is 0 Å². The van der Waals surface area contributed by atoms with Gasteiger partial charge < -0.3 is 14.2 Å². The Hall–Kier alpha value is -2.99. The highest BCUT2D eigenvalue weighted by molar-refractivity contribution is 5.91. The van der Waals surface area contributed by atoms with Crippen LogP contribution in [0.25, 0.3) is 0 Å². The van der Waals surface area contributed by atoms with Crippen molar-refractivity contribution < 1.29 is 28.6 Å². The van der Waals surface area contributed by atoms with Gasteiger partial charge in [0, 0.05) is 0 Å². The highest BCUT2D eigenvalue weighted by Gasteiger charge is 2.43. The van der Waals surface area contributed by atoms with E-state index in [2.05, 4.69) is 13.8 Å². The van der Waals surface area contributed by atoms with E-state index in [1.165, 1.54) is 0 Å². The van der Waals surface area contributed by atoms with Crippen LogP contribution in [0.2, 0.25) is 0 Å². The molecule has 0 aromatic heterocycles. The molecule has 6 heteroatoms. The molecule has 0 radical (unpaired) electrons. The Labute approximate surface area is 188 Å². The third kappa shape index (κ3) is 6.50. The first-order chi connectivity index (χ1) is 15.5. The van der Waals surface area contributed by atoms with Crippen LogP contribution in [0, 0.1) is 11.8 Å². The number of carbonyl (C=O) groups is 3. The molecular formula is C26H30O6. The molecule has 0 spiro atoms. The predicted octanol–water partition coefficient (Wildman–Crippen LogP) is 4.48. The Morgan fingerprint density at radius 3 is 2.12 bits per heavy atom. The number of carbonyl (C=O) groups excluding carboxylic acids is 3. The van der Waals surface area contributed by atoms with Gasteiger partial charge in [0.25, 0.3) is 0 Å². The second kappa shape index (κ2) is 11.6. The molecule has 3 atom stereocenters. The standard InChI is InChI=1S/C26H30O6/c1-18(2)10-9-15-22(32-26(29)20-13-7-4-8-14-20)24-21(27)16-30-23(24)17-31-25(28)19-11-5-3-6-12-19/h3-8,11-14,18,22-24H,9-10,15-17H2,1-2H3/t22-,23-,24+/m0/s1. The zero-order valence-electron chi connectivity index (χ0n) is 18.6. The lowest BCUT2D eigenvalue weighted by Gasteiger charge is -2.26. The molecule has 1 saturated heterocycles. The van der Waals surface area contributed by atoms with Crippen LogP contribution in [-0.4, -0.2) is 43.1 Å². The summed E-state index contributed by atoms with van der Waals surface area (Å²) in [5.41, 5.74) is 0.858. The summed E-state index contributed by atoms with van der Waals surface area (Å²) in [6.07, 6.45) is 1.01. The molecule has 1 heterocycles. The molecule has 1 fully saturated rings. The largest absolute Gasteiger partial charge is 0.459 e. The minimum absolute atomic E-state index is 0.0757. The van der Waals surface area contributed by atoms with E-state index in [0.29, 0.717) is 23.5 Å². The van der Waals surface area contributed by atoms with Crippen LogP contribution >= 0.6 is 0 Å². The topological polar surface area (TPSA) is 78.9 Å². The second-order valence-corrected chi connectivity index (χ2v) is 8.44. The van der Waals surface area contributed by atoms with Crippen molar-refractivity contribution >= 4 is 17.7 Å². The van der Waals surface area contributed by atoms with Gasteiger partial charge in [0.15, 0.2) is 5.78 Å². The summed E-state index contributed by atoms with van der Waals surface area (Å²) < 4.78 is 16.9. The van der Waals surface area contributed by atoms with Crippen molar-refractivity contribution in [1.82, 2.24) is 0 Å². The van der Waals surface area contributed by atoms with Crippen molar-refractivity contribution in [2.45, 2.75) is 45.3 Å². The number of esters is 2. The summed E-state index contributed by atoms with van der Waals surface area (Å²) in [6.45, 7) is 4.09. The molecule has 2 aromatic carbocycles. The van der Waals surface area contributed by atoms with Gasteiger partial charge in [0.1, 0.15) is 25.4 Å². The SMILES string of the molecule is CC(C)CCC[C@H](OC(=O)c1ccccc1)[C@H]1C(=O)CO[C@H]1COC(=O)c1ccccc1. The van der Waals surface area contributed by atoms with E-state index in [0.717, 1.165) is 12.8 Å². The fourth-order valence-electron chi connectivity index (χ4n) is 3.83. The van der Waals surface area contributed by atoms with Gasteiger partial charge in [0.05, 0.1) is 17.0 Å². The maximum atomic E-state index is 12.7. The zero-order valence-corrected chi connectivity index (χ0v) is 18.6. The quantitative estimate of drug-likeness (QED) is 0.509. The third-order valence-electron chi connectivity index (χ3n) is 5.54. The number of hydrogen-bond acceptors (Lipinski definition) is 6. The summed E-state index contributed by atoms with van der Waals surface area (Å²) in [7, 11) is 0. The summed E-state index contributed by atoms with van der Waals surface area (Å²) >= 11 is 0. The molecule has 0 amide bonds. The van der Waals surface area contributed by atoms with Crippen molar-refractivity contribution in [3.05, 3.63) is 71.8 Å². The first kappa shape index (κ1) is 23.7. The van der Waals surface area contributed by atoms with Gasteiger partial charge in [-0.1, -0.05) is 56.7 Å². The zero-order chi connectivity index (χ0) is 22.9. The summed E-state index contributed by atoms with van der Waals surface area (Å²) in [4.78, 5) is 37.7. The van der Waals surface area contributed by atoms with Crippen molar-refractivity contribution in [2.24, 2.45) is 11.8 Å². The first-order valence-corrected chi connectivity index (χ1v) is 11.1. The monoisotopic (exact) mass is 438 g/mol. The van der Waals surface area contributed by atoms with Gasteiger partial charge >= 0.3 is 11.9 Å². The average Bonchev–Trinajstić information content (AvgIpc) is 3.17. The summed E-state index contributed by atoms with van der Waals surface area (Å²) in [6, 6.07) is 17.4. The van der Waals surface area contributed by atoms with Crippen molar-refractivity contribution in [3.8, 4) is 0 Å². The Bertz CT molecular complexity index is 893. The van der Waals surface area contributed by atoms with Crippen molar-refractivity contribution in [3.63, 3.8) is 0 Å². The number of ketones is 1. The molecule has 32 heavy (non-hydrogen) atoms. The van der Waals surface area contributed by atoms with Gasteiger partial charge in [-0.2, -0.15) is 0 Å². The fourth-order valence-corrected chi connectivity index (χ4v) is 3.83. The maximum absolute atomic E-state index is 12.7. The molecule has 0 N–H and O–H groups in total. The Morgan fingerprint density at radius 2 is 1.53 bits per heavy atom. The van der Waals surface area contributed by atoms with E-state index in [4.69, 9.17) is 14.2 Å². The van der Waals surface area contributed by atoms with Crippen LogP contribution in [0.1, 0.15) is 53.8 Å². The number of Topliss-reactive ketones (excluding diaryl/α,β-unsaturated/α-hetero) is 1. The van der Waals surface area contributed by atoms with E-state index in [1.807, 2.05) is 12.1 Å². The van der Waals surface area contributed by atoms with E-state index in [1.54, 1.807) is 48.5 Å². The van der Waals surface area contributed by atoms with E-state index < -0.39 is 30.1 Å². The molecule has 0 aliphatic carbocycles. The molecule has 0 saturated carbocycles. The molecular weight excluding hydrogens is 408 g/mol. The van der Waals surface area contributed by atoms with Gasteiger partial charge in [0.2, 0.25) is 0 Å². The molecule has 2 aromatic rings. The number of benzene rings is 2. The molecule has 1 aliphatic rings. The molecule has 0 bridgehead atoms. The number of hydrogen-bond donors (Lipinski definition) is 0. The highest BCUT2D eigenvalue weighted by atomic mass is 16.6. The lowest BCUT2D eigenvalue weighted by atomic mass is 9.89. The number of ether oxygens (including phenoxy) is 3. The van der Waals surface area contributed by atoms with Crippen LogP contribution in [0.3, 0.4) is 0 Å². The van der Waals surface area contributed by atoms with Gasteiger partial charge in [-0.05, 0) is 43.0 Å². The van der Waals surface area contributed by atoms with Crippen molar-refractivity contribution in [1.29, 1.82) is 0 Å². The van der Waals surface area contributed by atoms with E-state index in [-0.39, 0.29) is 19.0 Å². The molecule has 170 valence electrons. The van der Waals surface area contributed by atoms with Crippen LogP contribution in [0.4, 0.5) is 0 Å². The first-order valence-electron chi connectivity index (χ1n) is 11.1. The lowest BCUT2D eigenvalue weighted by molar-refractivity contribution is -0.123. The Kier molecular flexibility index (Phi) is 8.56. The maximum Gasteiger partial charge on any atom is 0.338 e. The van der Waals surface area contributed by atoms with Crippen LogP contribution in [0.15, 0.2) is 60.7 Å². The minimum Gasteiger partial charge on any atom is -0.459 e. The predicted molar refractivity (Wildman–Crippen MR) is 119 cm³/mol. The van der Waals surface area contributed by atoms with Crippen LogP contribution < -0.4 is 0 Å². The van der Waals surface area contributed by atoms with E-state index in [9.17, 15) is 14.4 Å². The lowest BCUT2D eigenvalue weighted by Crippen LogP contribution is -2.39. The Balaban J connectivity index is 1.70. The normalized spacial score (nSPS) is 19.0. The molecule has 6 nitrogen and oxygen atoms in total. The Morgan fingerprint density at radius 1 is 0.938 bits per heavy atom. The second-order valence-electron chi connectivity index (χ2n) is 8.44. The molecule has 0 unspecified atom stereocenters. The molecule has 1 aliphatic heterocycles. The summed E-state index contributed by atoms with van der Waals surface area (Å²) in [5, 5.41) is 0. The molecule has 3 rings (SSSR count). The van der Waals surface area contributed by atoms with Gasteiger partial charge in [-0.3, -0.25) is 4.79 Å². The third-order valence-corrected chi connectivity index (χ3v) is 5.54. The van der Waals surface area contributed by atoms with Crippen LogP contribution in [-0.2, 0) is 19.0 Å². The minimum atomic E-state index is -0.668.